The van der Waals surface area contributed by atoms with Gasteiger partial charge < -0.3 is 10.1 Å². The zero-order valence-electron chi connectivity index (χ0n) is 12.7. The Bertz CT molecular complexity index is 494. The third-order valence-corrected chi connectivity index (χ3v) is 4.92. The average molecular weight is 283 g/mol. The maximum Gasteiger partial charge on any atom is 0.0820 e. The van der Waals surface area contributed by atoms with E-state index in [2.05, 4.69) is 60.0 Å². The quantitative estimate of drug-likeness (QED) is 0.916. The van der Waals surface area contributed by atoms with Crippen molar-refractivity contribution in [2.24, 2.45) is 11.8 Å². The highest BCUT2D eigenvalue weighted by Gasteiger charge is 2.34. The molecule has 0 amide bonds. The summed E-state index contributed by atoms with van der Waals surface area (Å²) < 4.78 is 5.72. The average Bonchev–Trinajstić information content (AvgIpc) is 2.81. The van der Waals surface area contributed by atoms with Gasteiger partial charge in [-0.1, -0.05) is 54.6 Å². The molecule has 4 unspecified atom stereocenters. The minimum Gasteiger partial charge on any atom is -0.377 e. The number of methoxy groups -OCH3 is 1. The molecule has 1 aliphatic carbocycles. The van der Waals surface area contributed by atoms with E-state index in [0.29, 0.717) is 17.8 Å². The molecule has 0 aromatic heterocycles. The molecule has 3 rings (SSSR count). The predicted molar refractivity (Wildman–Crippen MR) is 87.3 cm³/mol. The number of nitrogens with one attached hydrogen (secondary N) is 1. The second kappa shape index (κ2) is 7.06. The van der Waals surface area contributed by atoms with Crippen molar-refractivity contribution < 1.29 is 4.74 Å². The van der Waals surface area contributed by atoms with Gasteiger partial charge in [-0.15, -0.1) is 0 Å². The third kappa shape index (κ3) is 3.28. The van der Waals surface area contributed by atoms with Gasteiger partial charge in [0.2, 0.25) is 0 Å². The minimum absolute atomic E-state index is 0.212. The van der Waals surface area contributed by atoms with Gasteiger partial charge in [-0.05, 0) is 43.3 Å². The van der Waals surface area contributed by atoms with Gasteiger partial charge in [0.15, 0.2) is 0 Å². The summed E-state index contributed by atoms with van der Waals surface area (Å²) in [7, 11) is 1.83. The van der Waals surface area contributed by atoms with Crippen LogP contribution in [-0.2, 0) is 4.74 Å². The van der Waals surface area contributed by atoms with Crippen LogP contribution in [0.5, 0.6) is 0 Å². The molecule has 112 valence electrons. The molecule has 1 aromatic rings. The summed E-state index contributed by atoms with van der Waals surface area (Å²) in [4.78, 5) is 0. The Balaban J connectivity index is 1.88. The molecule has 1 aliphatic heterocycles. The van der Waals surface area contributed by atoms with E-state index >= 15 is 0 Å². The predicted octanol–water partition coefficient (Wildman–Crippen LogP) is 3.53. The van der Waals surface area contributed by atoms with Crippen LogP contribution in [0.3, 0.4) is 0 Å². The topological polar surface area (TPSA) is 21.3 Å². The molecule has 1 fully saturated rings. The van der Waals surface area contributed by atoms with Crippen molar-refractivity contribution in [1.29, 1.82) is 0 Å². The van der Waals surface area contributed by atoms with Crippen molar-refractivity contribution in [3.63, 3.8) is 0 Å². The maximum absolute atomic E-state index is 5.72. The van der Waals surface area contributed by atoms with Crippen molar-refractivity contribution in [2.45, 2.75) is 24.9 Å². The van der Waals surface area contributed by atoms with E-state index in [1.807, 2.05) is 7.11 Å². The standard InChI is InChI=1S/C19H25NO/c1-21-19-10-6-5-9-18(19)17-12-14-20-13-11-16(17)15-7-3-2-4-8-15/h2-10,16-20H,11-14H2,1H3. The normalized spacial score (nSPS) is 32.8. The van der Waals surface area contributed by atoms with Gasteiger partial charge >= 0.3 is 0 Å². The molecule has 0 saturated carbocycles. The lowest BCUT2D eigenvalue weighted by Crippen LogP contribution is -2.32. The Kier molecular flexibility index (Phi) is 4.89. The van der Waals surface area contributed by atoms with Gasteiger partial charge in [0, 0.05) is 13.0 Å². The number of benzene rings is 1. The Morgan fingerprint density at radius 1 is 1.00 bits per heavy atom. The van der Waals surface area contributed by atoms with Crippen LogP contribution in [0.25, 0.3) is 0 Å². The van der Waals surface area contributed by atoms with Crippen molar-refractivity contribution in [3.8, 4) is 0 Å². The van der Waals surface area contributed by atoms with Crippen LogP contribution in [0.4, 0.5) is 0 Å². The van der Waals surface area contributed by atoms with Crippen molar-refractivity contribution in [2.75, 3.05) is 20.2 Å². The molecule has 2 aliphatic rings. The Labute approximate surface area is 127 Å². The van der Waals surface area contributed by atoms with E-state index in [1.54, 1.807) is 0 Å². The van der Waals surface area contributed by atoms with Gasteiger partial charge in [-0.25, -0.2) is 0 Å². The fourth-order valence-corrected chi connectivity index (χ4v) is 3.87. The lowest BCUT2D eigenvalue weighted by Gasteiger charge is -2.35. The first-order chi connectivity index (χ1) is 10.4. The molecule has 0 radical (unpaired) electrons. The molecule has 4 atom stereocenters. The molecule has 2 nitrogen and oxygen atoms in total. The van der Waals surface area contributed by atoms with Crippen LogP contribution < -0.4 is 5.32 Å². The smallest absolute Gasteiger partial charge is 0.0820 e. The lowest BCUT2D eigenvalue weighted by atomic mass is 9.72. The first-order valence-corrected chi connectivity index (χ1v) is 8.03. The summed E-state index contributed by atoms with van der Waals surface area (Å²) >= 11 is 0. The van der Waals surface area contributed by atoms with E-state index in [0.717, 1.165) is 13.1 Å². The number of allylic oxidation sites excluding steroid dienone is 2. The Morgan fingerprint density at radius 2 is 1.76 bits per heavy atom. The molecule has 1 saturated heterocycles. The highest BCUT2D eigenvalue weighted by molar-refractivity contribution is 5.24. The zero-order valence-corrected chi connectivity index (χ0v) is 12.7. The molecular formula is C19H25NO. The largest absolute Gasteiger partial charge is 0.377 e. The molecular weight excluding hydrogens is 258 g/mol. The number of hydrogen-bond acceptors (Lipinski definition) is 2. The van der Waals surface area contributed by atoms with E-state index in [1.165, 1.54) is 18.4 Å². The van der Waals surface area contributed by atoms with Gasteiger partial charge in [0.05, 0.1) is 6.10 Å². The Hall–Kier alpha value is -1.38. The third-order valence-electron chi connectivity index (χ3n) is 4.92. The summed E-state index contributed by atoms with van der Waals surface area (Å²) in [6.45, 7) is 2.22. The van der Waals surface area contributed by atoms with E-state index < -0.39 is 0 Å². The van der Waals surface area contributed by atoms with Crippen LogP contribution in [0, 0.1) is 11.8 Å². The Morgan fingerprint density at radius 3 is 2.57 bits per heavy atom. The first-order valence-electron chi connectivity index (χ1n) is 8.03. The molecule has 1 aromatic carbocycles. The fraction of sp³-hybridized carbons (Fsp3) is 0.474. The van der Waals surface area contributed by atoms with Gasteiger partial charge in [0.25, 0.3) is 0 Å². The summed E-state index contributed by atoms with van der Waals surface area (Å²) in [5, 5.41) is 3.57. The second-order valence-corrected chi connectivity index (χ2v) is 6.06. The summed E-state index contributed by atoms with van der Waals surface area (Å²) in [5.74, 6) is 1.72. The highest BCUT2D eigenvalue weighted by atomic mass is 16.5. The van der Waals surface area contributed by atoms with E-state index in [4.69, 9.17) is 4.74 Å². The van der Waals surface area contributed by atoms with E-state index in [9.17, 15) is 0 Å². The molecule has 1 heterocycles. The molecule has 0 bridgehead atoms. The highest BCUT2D eigenvalue weighted by Crippen LogP contribution is 2.40. The summed E-state index contributed by atoms with van der Waals surface area (Å²) in [5.41, 5.74) is 1.48. The van der Waals surface area contributed by atoms with Gasteiger partial charge in [-0.2, -0.15) is 0 Å². The van der Waals surface area contributed by atoms with Crippen LogP contribution in [0.1, 0.15) is 24.3 Å². The van der Waals surface area contributed by atoms with Gasteiger partial charge in [-0.3, -0.25) is 0 Å². The van der Waals surface area contributed by atoms with Gasteiger partial charge in [0.1, 0.15) is 0 Å². The second-order valence-electron chi connectivity index (χ2n) is 6.06. The number of hydrogen-bond donors (Lipinski definition) is 1. The molecule has 2 heteroatoms. The van der Waals surface area contributed by atoms with Crippen LogP contribution in [0.2, 0.25) is 0 Å². The molecule has 21 heavy (non-hydrogen) atoms. The van der Waals surface area contributed by atoms with Crippen LogP contribution in [-0.4, -0.2) is 26.3 Å². The summed E-state index contributed by atoms with van der Waals surface area (Å²) in [6.07, 6.45) is 11.5. The molecule has 1 N–H and O–H groups in total. The zero-order chi connectivity index (χ0) is 14.5. The minimum atomic E-state index is 0.212. The van der Waals surface area contributed by atoms with Crippen LogP contribution in [0.15, 0.2) is 54.6 Å². The number of ether oxygens (including phenoxy) is 1. The monoisotopic (exact) mass is 283 g/mol. The van der Waals surface area contributed by atoms with Crippen molar-refractivity contribution >= 4 is 0 Å². The SMILES string of the molecule is COC1C=CC=CC1C1CCNCCC1c1ccccc1. The number of rotatable bonds is 3. The van der Waals surface area contributed by atoms with Crippen molar-refractivity contribution in [3.05, 3.63) is 60.2 Å². The van der Waals surface area contributed by atoms with Crippen molar-refractivity contribution in [1.82, 2.24) is 5.32 Å². The van der Waals surface area contributed by atoms with Crippen LogP contribution >= 0.6 is 0 Å². The van der Waals surface area contributed by atoms with E-state index in [-0.39, 0.29) is 6.10 Å². The lowest BCUT2D eigenvalue weighted by molar-refractivity contribution is 0.0730. The maximum atomic E-state index is 5.72. The molecule has 0 spiro atoms. The fourth-order valence-electron chi connectivity index (χ4n) is 3.87. The first kappa shape index (κ1) is 14.6. The summed E-state index contributed by atoms with van der Waals surface area (Å²) in [6, 6.07) is 11.0.